The number of allylic oxidation sites excluding steroid dienone is 1. The molecular weight excluding hydrogens is 422 g/mol. The minimum Gasteiger partial charge on any atom is -0.457 e. The molecule has 0 bridgehead atoms. The summed E-state index contributed by atoms with van der Waals surface area (Å²) in [6, 6.07) is 32.0. The fraction of sp³-hybridized carbons (Fsp3) is 0.200. The van der Waals surface area contributed by atoms with Gasteiger partial charge in [-0.3, -0.25) is 0 Å². The molecule has 1 aliphatic heterocycles. The van der Waals surface area contributed by atoms with E-state index in [0.29, 0.717) is 0 Å². The molecule has 0 spiro atoms. The summed E-state index contributed by atoms with van der Waals surface area (Å²) in [6.07, 6.45) is 4.05. The van der Waals surface area contributed by atoms with Crippen molar-refractivity contribution in [1.29, 1.82) is 0 Å². The Labute approximate surface area is 200 Å². The van der Waals surface area contributed by atoms with Crippen molar-refractivity contribution < 1.29 is 4.74 Å². The molecule has 0 radical (unpaired) electrons. The van der Waals surface area contributed by atoms with E-state index in [9.17, 15) is 0 Å². The van der Waals surface area contributed by atoms with Gasteiger partial charge in [0, 0.05) is 28.2 Å². The molecule has 33 heavy (non-hydrogen) atoms. The van der Waals surface area contributed by atoms with Crippen LogP contribution >= 0.6 is 11.3 Å². The van der Waals surface area contributed by atoms with Crippen LogP contribution in [0, 0.1) is 0 Å². The van der Waals surface area contributed by atoms with Gasteiger partial charge in [-0.15, -0.1) is 11.3 Å². The van der Waals surface area contributed by atoms with E-state index in [1.165, 1.54) is 21.6 Å². The molecule has 0 saturated heterocycles. The van der Waals surface area contributed by atoms with Gasteiger partial charge >= 0.3 is 0 Å². The van der Waals surface area contributed by atoms with Crippen LogP contribution in [0.5, 0.6) is 11.5 Å². The molecule has 0 fully saturated rings. The van der Waals surface area contributed by atoms with Crippen LogP contribution in [0.25, 0.3) is 0 Å². The van der Waals surface area contributed by atoms with Crippen molar-refractivity contribution in [3.05, 3.63) is 130 Å². The predicted octanol–water partition coefficient (Wildman–Crippen LogP) is 7.51. The van der Waals surface area contributed by atoms with Crippen LogP contribution in [-0.4, -0.2) is 6.54 Å². The fourth-order valence-electron chi connectivity index (χ4n) is 4.97. The number of fused-ring (bicyclic) bond motifs is 2. The average Bonchev–Trinajstić information content (AvgIpc) is 3.38. The summed E-state index contributed by atoms with van der Waals surface area (Å²) in [6.45, 7) is 5.50. The predicted molar refractivity (Wildman–Crippen MR) is 138 cm³/mol. The highest BCUT2D eigenvalue weighted by Gasteiger charge is 2.44. The average molecular weight is 452 g/mol. The van der Waals surface area contributed by atoms with E-state index in [1.54, 1.807) is 0 Å². The van der Waals surface area contributed by atoms with Gasteiger partial charge in [-0.05, 0) is 54.8 Å². The van der Waals surface area contributed by atoms with Crippen molar-refractivity contribution in [3.8, 4) is 11.5 Å². The molecule has 166 valence electrons. The first kappa shape index (κ1) is 21.5. The van der Waals surface area contributed by atoms with Gasteiger partial charge < -0.3 is 10.1 Å². The minimum atomic E-state index is -0.338. The first-order valence-corrected chi connectivity index (χ1v) is 12.5. The molecule has 0 saturated carbocycles. The van der Waals surface area contributed by atoms with Crippen LogP contribution in [0.2, 0.25) is 0 Å². The zero-order valence-corrected chi connectivity index (χ0v) is 19.6. The lowest BCUT2D eigenvalue weighted by atomic mass is 9.67. The quantitative estimate of drug-likeness (QED) is 0.284. The van der Waals surface area contributed by atoms with E-state index in [1.807, 2.05) is 11.3 Å². The lowest BCUT2D eigenvalue weighted by Gasteiger charge is -2.42. The highest BCUT2D eigenvalue weighted by molar-refractivity contribution is 7.09. The molecular formula is C30H29NOS. The van der Waals surface area contributed by atoms with Crippen LogP contribution < -0.4 is 10.1 Å². The Hall–Kier alpha value is -3.30. The van der Waals surface area contributed by atoms with Crippen LogP contribution in [0.4, 0.5) is 0 Å². The SMILES string of the molecule is C=C(NCCc1cccs1)C1(CCCc2ccccc2)c2ccccc2Oc2ccccc21. The number of aryl methyl sites for hydroxylation is 1. The van der Waals surface area contributed by atoms with Crippen molar-refractivity contribution in [2.75, 3.05) is 6.54 Å². The monoisotopic (exact) mass is 451 g/mol. The largest absolute Gasteiger partial charge is 0.457 e. The number of thiophene rings is 1. The number of hydrogen-bond donors (Lipinski definition) is 1. The second-order valence-corrected chi connectivity index (χ2v) is 9.61. The topological polar surface area (TPSA) is 21.3 Å². The Morgan fingerprint density at radius 2 is 1.45 bits per heavy atom. The van der Waals surface area contributed by atoms with Gasteiger partial charge in [-0.1, -0.05) is 79.4 Å². The van der Waals surface area contributed by atoms with Crippen LogP contribution in [-0.2, 0) is 18.3 Å². The third kappa shape index (κ3) is 4.34. The summed E-state index contributed by atoms with van der Waals surface area (Å²) in [5, 5.41) is 5.86. The molecule has 0 aliphatic carbocycles. The van der Waals surface area contributed by atoms with E-state index in [0.717, 1.165) is 49.4 Å². The smallest absolute Gasteiger partial charge is 0.131 e. The Morgan fingerprint density at radius 1 is 0.788 bits per heavy atom. The number of hydrogen-bond acceptors (Lipinski definition) is 3. The Bertz CT molecular complexity index is 1170. The summed E-state index contributed by atoms with van der Waals surface area (Å²) < 4.78 is 6.34. The maximum Gasteiger partial charge on any atom is 0.131 e. The van der Waals surface area contributed by atoms with Crippen molar-refractivity contribution in [2.24, 2.45) is 0 Å². The van der Waals surface area contributed by atoms with Gasteiger partial charge in [0.15, 0.2) is 0 Å². The molecule has 0 atom stereocenters. The van der Waals surface area contributed by atoms with Crippen molar-refractivity contribution in [3.63, 3.8) is 0 Å². The van der Waals surface area contributed by atoms with Gasteiger partial charge in [-0.2, -0.15) is 0 Å². The number of nitrogens with one attached hydrogen (secondary N) is 1. The molecule has 0 unspecified atom stereocenters. The summed E-state index contributed by atoms with van der Waals surface area (Å²) in [4.78, 5) is 1.39. The molecule has 4 aromatic rings. The maximum absolute atomic E-state index is 6.34. The van der Waals surface area contributed by atoms with E-state index in [-0.39, 0.29) is 5.41 Å². The third-order valence-corrected chi connectivity index (χ3v) is 7.51. The number of ether oxygens (including phenoxy) is 1. The van der Waals surface area contributed by atoms with Crippen LogP contribution in [0.3, 0.4) is 0 Å². The second kappa shape index (κ2) is 9.68. The molecule has 3 aromatic carbocycles. The van der Waals surface area contributed by atoms with E-state index >= 15 is 0 Å². The lowest BCUT2D eigenvalue weighted by Crippen LogP contribution is -2.39. The molecule has 2 nitrogen and oxygen atoms in total. The lowest BCUT2D eigenvalue weighted by molar-refractivity contribution is 0.388. The van der Waals surface area contributed by atoms with E-state index in [4.69, 9.17) is 4.74 Å². The first-order chi connectivity index (χ1) is 16.3. The molecule has 5 rings (SSSR count). The normalized spacial score (nSPS) is 13.5. The Morgan fingerprint density at radius 3 is 2.12 bits per heavy atom. The fourth-order valence-corrected chi connectivity index (χ4v) is 5.68. The van der Waals surface area contributed by atoms with Crippen LogP contribution in [0.15, 0.2) is 109 Å². The first-order valence-electron chi connectivity index (χ1n) is 11.6. The van der Waals surface area contributed by atoms with Crippen LogP contribution in [0.1, 0.15) is 34.4 Å². The third-order valence-electron chi connectivity index (χ3n) is 6.58. The Kier molecular flexibility index (Phi) is 6.32. The highest BCUT2D eigenvalue weighted by Crippen LogP contribution is 2.53. The number of para-hydroxylation sites is 2. The molecule has 3 heteroatoms. The van der Waals surface area contributed by atoms with Gasteiger partial charge in [0.05, 0.1) is 5.41 Å². The number of rotatable bonds is 9. The molecule has 1 N–H and O–H groups in total. The van der Waals surface area contributed by atoms with Crippen molar-refractivity contribution >= 4 is 11.3 Å². The van der Waals surface area contributed by atoms with Gasteiger partial charge in [0.2, 0.25) is 0 Å². The summed E-state index contributed by atoms with van der Waals surface area (Å²) >= 11 is 1.81. The molecule has 1 aromatic heterocycles. The van der Waals surface area contributed by atoms with E-state index in [2.05, 4.69) is 108 Å². The summed E-state index contributed by atoms with van der Waals surface area (Å²) in [7, 11) is 0. The summed E-state index contributed by atoms with van der Waals surface area (Å²) in [5.41, 5.74) is 4.49. The van der Waals surface area contributed by atoms with Crippen molar-refractivity contribution in [2.45, 2.75) is 31.1 Å². The second-order valence-electron chi connectivity index (χ2n) is 8.57. The minimum absolute atomic E-state index is 0.338. The summed E-state index contributed by atoms with van der Waals surface area (Å²) in [5.74, 6) is 1.86. The molecule has 1 aliphatic rings. The maximum atomic E-state index is 6.34. The number of benzene rings is 3. The van der Waals surface area contributed by atoms with Gasteiger partial charge in [0.1, 0.15) is 11.5 Å². The van der Waals surface area contributed by atoms with Gasteiger partial charge in [0.25, 0.3) is 0 Å². The van der Waals surface area contributed by atoms with Gasteiger partial charge in [-0.25, -0.2) is 0 Å². The highest BCUT2D eigenvalue weighted by atomic mass is 32.1. The van der Waals surface area contributed by atoms with E-state index < -0.39 is 0 Å². The van der Waals surface area contributed by atoms with Crippen molar-refractivity contribution in [1.82, 2.24) is 5.32 Å². The Balaban J connectivity index is 1.49. The molecule has 0 amide bonds. The molecule has 2 heterocycles. The standard InChI is InChI=1S/C30H29NOS/c1-23(31-21-19-25-14-10-22-33-25)30(20-9-13-24-11-3-2-4-12-24)26-15-5-7-17-28(26)32-29-18-8-6-16-27(29)30/h2-8,10-12,14-18,22,31H,1,9,13,19-21H2. The zero-order chi connectivity index (χ0) is 22.5. The zero-order valence-electron chi connectivity index (χ0n) is 18.8.